The minimum atomic E-state index is -1.88. The molecule has 3 aromatic carbocycles. The van der Waals surface area contributed by atoms with Crippen molar-refractivity contribution in [3.05, 3.63) is 102 Å². The Labute approximate surface area is 483 Å². The zero-order valence-electron chi connectivity index (χ0n) is 46.8. The summed E-state index contributed by atoms with van der Waals surface area (Å²) in [4.78, 5) is 64.5. The number of urea groups is 1. The van der Waals surface area contributed by atoms with Crippen molar-refractivity contribution < 1.29 is 68.4 Å². The number of hydrogen-bond acceptors (Lipinski definition) is 17. The molecule has 440 valence electrons. The van der Waals surface area contributed by atoms with E-state index in [2.05, 4.69) is 24.1 Å². The van der Waals surface area contributed by atoms with E-state index in [1.165, 1.54) is 28.4 Å². The minimum absolute atomic E-state index is 0.000764. The van der Waals surface area contributed by atoms with Crippen molar-refractivity contribution in [2.45, 2.75) is 128 Å². The van der Waals surface area contributed by atoms with Gasteiger partial charge in [0, 0.05) is 66.4 Å². The summed E-state index contributed by atoms with van der Waals surface area (Å²) < 4.78 is 32.7. The highest BCUT2D eigenvalue weighted by atomic mass is 32.1. The third-order valence-electron chi connectivity index (χ3n) is 17.1. The molecule has 5 heterocycles. The first-order chi connectivity index (χ1) is 39.6. The maximum absolute atomic E-state index is 13.8. The summed E-state index contributed by atoms with van der Waals surface area (Å²) in [5, 5.41) is 59.5. The van der Waals surface area contributed by atoms with Crippen LogP contribution in [0.1, 0.15) is 92.5 Å². The minimum Gasteiger partial charge on any atom is -0.493 e. The van der Waals surface area contributed by atoms with E-state index in [1.54, 1.807) is 30.3 Å². The third kappa shape index (κ3) is 11.7. The van der Waals surface area contributed by atoms with Crippen molar-refractivity contribution in [3.63, 3.8) is 0 Å². The van der Waals surface area contributed by atoms with Crippen LogP contribution in [0.5, 0.6) is 11.5 Å². The molecule has 2 aliphatic heterocycles. The van der Waals surface area contributed by atoms with E-state index in [1.807, 2.05) is 60.1 Å². The number of aromatic carboxylic acids is 1. The number of aliphatic hydroxyl groups is 3. The summed E-state index contributed by atoms with van der Waals surface area (Å²) in [5.41, 5.74) is 11.2. The van der Waals surface area contributed by atoms with E-state index in [4.69, 9.17) is 39.5 Å². The number of aliphatic hydroxyl groups excluding tert-OH is 3. The molecule has 0 spiro atoms. The summed E-state index contributed by atoms with van der Waals surface area (Å²) in [6, 6.07) is 21.4. The van der Waals surface area contributed by atoms with E-state index in [0.717, 1.165) is 78.5 Å². The maximum atomic E-state index is 13.8. The topological polar surface area (TPSA) is 304 Å². The molecule has 4 aliphatic carbocycles. The molecule has 2 unspecified atom stereocenters. The van der Waals surface area contributed by atoms with Gasteiger partial charge in [-0.25, -0.2) is 29.1 Å². The Morgan fingerprint density at radius 3 is 2.42 bits per heavy atom. The maximum Gasteiger partial charge on any atom is 0.409 e. The summed E-state index contributed by atoms with van der Waals surface area (Å²) in [7, 11) is 1.64. The Bertz CT molecular complexity index is 3410. The Hall–Kier alpha value is -7.25. The van der Waals surface area contributed by atoms with Crippen molar-refractivity contribution in [1.82, 2.24) is 24.6 Å². The molecule has 4 saturated carbocycles. The van der Waals surface area contributed by atoms with Gasteiger partial charge in [0.25, 0.3) is 0 Å². The quantitative estimate of drug-likeness (QED) is 0.0384. The molecule has 1 saturated heterocycles. The predicted molar refractivity (Wildman–Crippen MR) is 305 cm³/mol. The second-order valence-electron chi connectivity index (χ2n) is 24.0. The number of thiazole rings is 1. The van der Waals surface area contributed by atoms with Gasteiger partial charge in [-0.3, -0.25) is 14.9 Å². The largest absolute Gasteiger partial charge is 0.493 e. The zero-order chi connectivity index (χ0) is 58.6. The van der Waals surface area contributed by atoms with Crippen molar-refractivity contribution >= 4 is 56.4 Å². The van der Waals surface area contributed by atoms with Crippen LogP contribution in [0.15, 0.2) is 79.0 Å². The highest BCUT2D eigenvalue weighted by molar-refractivity contribution is 7.22. The number of likely N-dealkylation sites (N-methyl/N-ethyl adjacent to an activating group) is 1. The molecule has 6 aromatic rings. The molecule has 5 fully saturated rings. The van der Waals surface area contributed by atoms with Gasteiger partial charge in [0.1, 0.15) is 36.4 Å². The number of carbonyl (C=O) groups is 4. The smallest absolute Gasteiger partial charge is 0.409 e. The number of aryl methyl sites for hydroxylation is 1. The normalized spacial score (nSPS) is 27.0. The number of para-hydroxylation sites is 1. The van der Waals surface area contributed by atoms with Crippen molar-refractivity contribution in [3.8, 4) is 33.9 Å². The molecule has 83 heavy (non-hydrogen) atoms. The summed E-state index contributed by atoms with van der Waals surface area (Å²) in [6.45, 7) is 8.73. The van der Waals surface area contributed by atoms with Crippen LogP contribution in [-0.2, 0) is 38.6 Å². The molecule has 4 bridgehead atoms. The summed E-state index contributed by atoms with van der Waals surface area (Å²) in [5.74, 6) is -2.36. The molecule has 6 aliphatic rings. The zero-order valence-corrected chi connectivity index (χ0v) is 47.6. The fourth-order valence-electron chi connectivity index (χ4n) is 14.5. The number of carboxylic acids is 2. The number of pyridine rings is 1. The number of nitrogens with zero attached hydrogens (tertiary/aromatic N) is 6. The number of carboxylic acid groups (broad SMARTS) is 2. The number of ether oxygens (including phenoxy) is 5. The van der Waals surface area contributed by atoms with E-state index >= 15 is 0 Å². The molecule has 23 heteroatoms. The van der Waals surface area contributed by atoms with Crippen LogP contribution < -0.4 is 25.4 Å². The molecule has 7 atom stereocenters. The number of carbonyl (C=O) groups excluding carboxylic acids is 2. The van der Waals surface area contributed by atoms with Gasteiger partial charge in [-0.05, 0) is 136 Å². The lowest BCUT2D eigenvalue weighted by Gasteiger charge is -2.69. The van der Waals surface area contributed by atoms with Crippen LogP contribution >= 0.6 is 11.3 Å². The number of anilines is 2. The fraction of sp³-hybridized carbons (Fsp3) is 0.483. The fourth-order valence-corrected chi connectivity index (χ4v) is 15.4. The average Bonchev–Trinajstić information content (AvgIpc) is 1.14. The van der Waals surface area contributed by atoms with E-state index in [9.17, 15) is 44.7 Å². The molecule has 12 rings (SSSR count). The molecule has 3 aromatic heterocycles. The lowest BCUT2D eigenvalue weighted by atomic mass is 9.39. The number of aromatic nitrogens is 4. The average molecular weight is 1160 g/mol. The standard InChI is InChI=1S/C60H70N8O14S/c1-34-40(39-16-17-41(63-46(39)51(72)73)36-13-12-35-9-7-19-67(43(35)23-36)55(76)65-54-64-42-10-5-6-11-45(42)83-54)25-62-68(34)33-59-28-57(2)27-58(3,29-59)31-60(30-57,32-59)80-22-20-66(4)56(77)79-26-37-14-15-38(24-44(37)78-21-8-18-61)81-53-49(71)47(69)48(70)50(82-53)52(74)75/h5-6,10-17,23-25,47-50,53,69-71H,7-9,18-22,26-33,61H2,1-4H3,(H,72,73)(H,74,75)(H,64,65,76)/t47-,48-,49+,50-,53+,57?,58?,59?,60?/m0/s1. The van der Waals surface area contributed by atoms with Crippen molar-refractivity contribution in [2.24, 2.45) is 22.0 Å². The van der Waals surface area contributed by atoms with Gasteiger partial charge in [-0.15, -0.1) is 0 Å². The van der Waals surface area contributed by atoms with Gasteiger partial charge < -0.3 is 59.9 Å². The molecular weight excluding hydrogens is 1090 g/mol. The Kier molecular flexibility index (Phi) is 15.8. The molecule has 8 N–H and O–H groups in total. The number of hydrogen-bond donors (Lipinski definition) is 7. The Morgan fingerprint density at radius 2 is 1.67 bits per heavy atom. The first kappa shape index (κ1) is 57.6. The van der Waals surface area contributed by atoms with E-state index in [-0.39, 0.29) is 65.8 Å². The summed E-state index contributed by atoms with van der Waals surface area (Å²) >= 11 is 1.41. The van der Waals surface area contributed by atoms with Crippen LogP contribution in [0.2, 0.25) is 0 Å². The first-order valence-corrected chi connectivity index (χ1v) is 28.9. The highest BCUT2D eigenvalue weighted by Gasteiger charge is 2.66. The summed E-state index contributed by atoms with van der Waals surface area (Å²) in [6.07, 6.45) is -0.127. The SMILES string of the molecule is Cc1c(-c2ccc(-c3ccc4c(c3)N(C(=O)Nc3nc5ccccc5s3)CCC4)nc2C(=O)O)cnn1CC12CC3(C)CC(C)(C1)CC(OCCN(C)C(=O)OCc1ccc(O[C@@H]4O[C@H](C(=O)O)[C@@H](O)[C@H](O)[C@H]4O)cc1OCCCN)(C3)C2. The van der Waals surface area contributed by atoms with Crippen LogP contribution in [0.4, 0.5) is 20.4 Å². The van der Waals surface area contributed by atoms with E-state index in [0.29, 0.717) is 59.1 Å². The van der Waals surface area contributed by atoms with Crippen molar-refractivity contribution in [1.29, 1.82) is 0 Å². The molecular formula is C60H70N8O14S. The van der Waals surface area contributed by atoms with Crippen molar-refractivity contribution in [2.75, 3.05) is 50.1 Å². The number of aliphatic carboxylic acids is 1. The van der Waals surface area contributed by atoms with Crippen LogP contribution in [-0.4, -0.2) is 150 Å². The molecule has 3 amide bonds. The second-order valence-corrected chi connectivity index (χ2v) is 25.0. The molecule has 22 nitrogen and oxygen atoms in total. The van der Waals surface area contributed by atoms with E-state index < -0.39 is 54.3 Å². The lowest BCUT2D eigenvalue weighted by Crippen LogP contribution is -2.64. The van der Waals surface area contributed by atoms with Gasteiger partial charge >= 0.3 is 24.1 Å². The monoisotopic (exact) mass is 1160 g/mol. The number of benzene rings is 3. The van der Waals surface area contributed by atoms with Gasteiger partial charge in [0.05, 0.1) is 40.9 Å². The molecule has 0 radical (unpaired) electrons. The number of amides is 3. The van der Waals surface area contributed by atoms with Gasteiger partial charge in [0.15, 0.2) is 16.9 Å². The second kappa shape index (κ2) is 22.7. The number of nitrogens with two attached hydrogens (primary N) is 1. The Balaban J connectivity index is 0.740. The van der Waals surface area contributed by atoms with Crippen LogP contribution in [0.3, 0.4) is 0 Å². The number of nitrogens with one attached hydrogen (secondary N) is 1. The van der Waals surface area contributed by atoms with Crippen LogP contribution in [0.25, 0.3) is 32.6 Å². The number of fused-ring (bicyclic) bond motifs is 2. The van der Waals surface area contributed by atoms with Gasteiger partial charge in [0.2, 0.25) is 6.29 Å². The van der Waals surface area contributed by atoms with Crippen LogP contribution in [0, 0.1) is 23.2 Å². The van der Waals surface area contributed by atoms with Gasteiger partial charge in [-0.1, -0.05) is 49.4 Å². The third-order valence-corrected chi connectivity index (χ3v) is 18.0. The predicted octanol–water partition coefficient (Wildman–Crippen LogP) is 7.62. The van der Waals surface area contributed by atoms with Gasteiger partial charge in [-0.2, -0.15) is 5.10 Å². The first-order valence-electron chi connectivity index (χ1n) is 28.1. The highest BCUT2D eigenvalue weighted by Crippen LogP contribution is 2.72. The Morgan fingerprint density at radius 1 is 0.892 bits per heavy atom. The number of rotatable bonds is 19. The lowest BCUT2D eigenvalue weighted by molar-refractivity contribution is -0.271.